The van der Waals surface area contributed by atoms with Crippen molar-refractivity contribution < 1.29 is 9.59 Å². The molecule has 1 saturated carbocycles. The van der Waals surface area contributed by atoms with Gasteiger partial charge in [-0.1, -0.05) is 12.1 Å². The van der Waals surface area contributed by atoms with Gasteiger partial charge in [-0.3, -0.25) is 9.59 Å². The Hall–Kier alpha value is -1.59. The number of anilines is 1. The highest BCUT2D eigenvalue weighted by molar-refractivity contribution is 5.98. The molecule has 0 radical (unpaired) electrons. The number of carbonyl (C=O) groups excluding carboxylic acids is 2. The minimum Gasteiger partial charge on any atom is -0.370 e. The molecule has 0 bridgehead atoms. The van der Waals surface area contributed by atoms with E-state index in [0.29, 0.717) is 6.54 Å². The van der Waals surface area contributed by atoms with Gasteiger partial charge in [0.05, 0.1) is 0 Å². The number of benzene rings is 1. The molecule has 1 saturated heterocycles. The van der Waals surface area contributed by atoms with E-state index in [1.54, 1.807) is 4.90 Å². The number of hydrogen-bond donors (Lipinski definition) is 2. The number of amides is 2. The SMILES string of the molecule is Cc1cccc(N(CCC(N)=O)C(=O)C2CC23CCNCC3)c1.Cl. The highest BCUT2D eigenvalue weighted by Gasteiger charge is 2.58. The zero-order chi connectivity index (χ0) is 16.4. The monoisotopic (exact) mass is 351 g/mol. The second-order valence-corrected chi connectivity index (χ2v) is 6.91. The minimum absolute atomic E-state index is 0. The molecule has 3 rings (SSSR count). The standard InChI is InChI=1S/C18H25N3O2.ClH/c1-13-3-2-4-14(11-13)21(10-5-16(19)22)17(23)15-12-18(15)6-8-20-9-7-18;/h2-4,11,15,20H,5-10,12H2,1H3,(H2,19,22);1H. The Bertz CT molecular complexity index is 614. The zero-order valence-electron chi connectivity index (χ0n) is 14.1. The first-order valence-electron chi connectivity index (χ1n) is 8.39. The predicted molar refractivity (Wildman–Crippen MR) is 97.2 cm³/mol. The number of nitrogens with two attached hydrogens (primary N) is 1. The van der Waals surface area contributed by atoms with Crippen molar-refractivity contribution in [3.8, 4) is 0 Å². The highest BCUT2D eigenvalue weighted by atomic mass is 35.5. The Morgan fingerprint density at radius 3 is 2.67 bits per heavy atom. The van der Waals surface area contributed by atoms with Gasteiger partial charge in [-0.15, -0.1) is 12.4 Å². The molecule has 1 atom stereocenters. The highest BCUT2D eigenvalue weighted by Crippen LogP contribution is 2.59. The molecular weight excluding hydrogens is 326 g/mol. The van der Waals surface area contributed by atoms with Gasteiger partial charge >= 0.3 is 0 Å². The van der Waals surface area contributed by atoms with Crippen molar-refractivity contribution in [2.45, 2.75) is 32.6 Å². The molecule has 5 nitrogen and oxygen atoms in total. The van der Waals surface area contributed by atoms with Crippen LogP contribution in [0.1, 0.15) is 31.2 Å². The van der Waals surface area contributed by atoms with Crippen molar-refractivity contribution in [3.05, 3.63) is 29.8 Å². The minimum atomic E-state index is -0.372. The van der Waals surface area contributed by atoms with E-state index in [2.05, 4.69) is 5.32 Å². The predicted octanol–water partition coefficient (Wildman–Crippen LogP) is 2.01. The summed E-state index contributed by atoms with van der Waals surface area (Å²) in [7, 11) is 0. The van der Waals surface area contributed by atoms with E-state index in [1.807, 2.05) is 31.2 Å². The van der Waals surface area contributed by atoms with E-state index in [9.17, 15) is 9.59 Å². The molecule has 1 heterocycles. The van der Waals surface area contributed by atoms with Crippen molar-refractivity contribution >= 4 is 29.9 Å². The van der Waals surface area contributed by atoms with E-state index in [0.717, 1.165) is 43.6 Å². The van der Waals surface area contributed by atoms with Crippen LogP contribution < -0.4 is 16.0 Å². The molecule has 2 fully saturated rings. The fourth-order valence-corrected chi connectivity index (χ4v) is 3.75. The normalized spacial score (nSPS) is 21.0. The lowest BCUT2D eigenvalue weighted by molar-refractivity contribution is -0.121. The summed E-state index contributed by atoms with van der Waals surface area (Å²) in [5, 5.41) is 3.36. The Kier molecular flexibility index (Phi) is 5.88. The van der Waals surface area contributed by atoms with Crippen molar-refractivity contribution in [2.24, 2.45) is 17.1 Å². The number of halogens is 1. The second-order valence-electron chi connectivity index (χ2n) is 6.91. The van der Waals surface area contributed by atoms with Crippen LogP contribution >= 0.6 is 12.4 Å². The van der Waals surface area contributed by atoms with Crippen molar-refractivity contribution in [3.63, 3.8) is 0 Å². The first-order chi connectivity index (χ1) is 11.0. The fraction of sp³-hybridized carbons (Fsp3) is 0.556. The molecule has 2 amide bonds. The van der Waals surface area contributed by atoms with Crippen LogP contribution in [-0.2, 0) is 9.59 Å². The quantitative estimate of drug-likeness (QED) is 0.852. The fourth-order valence-electron chi connectivity index (χ4n) is 3.75. The Labute approximate surface area is 149 Å². The smallest absolute Gasteiger partial charge is 0.230 e. The molecule has 1 aromatic carbocycles. The van der Waals surface area contributed by atoms with Crippen LogP contribution in [0.3, 0.4) is 0 Å². The summed E-state index contributed by atoms with van der Waals surface area (Å²) in [4.78, 5) is 26.0. The third kappa shape index (κ3) is 3.90. The molecule has 2 aliphatic rings. The summed E-state index contributed by atoms with van der Waals surface area (Å²) in [6, 6.07) is 7.88. The molecule has 1 aliphatic carbocycles. The lowest BCUT2D eigenvalue weighted by Gasteiger charge is -2.27. The molecule has 3 N–H and O–H groups in total. The number of nitrogens with zero attached hydrogens (tertiary/aromatic N) is 1. The van der Waals surface area contributed by atoms with Crippen molar-refractivity contribution in [1.29, 1.82) is 0 Å². The summed E-state index contributed by atoms with van der Waals surface area (Å²) in [5.74, 6) is -0.125. The molecule has 6 heteroatoms. The average Bonchev–Trinajstić information content (AvgIpc) is 3.21. The van der Waals surface area contributed by atoms with Gasteiger partial charge in [0, 0.05) is 24.6 Å². The van der Waals surface area contributed by atoms with E-state index in [4.69, 9.17) is 5.73 Å². The summed E-state index contributed by atoms with van der Waals surface area (Å²) in [5.41, 5.74) is 7.45. The van der Waals surface area contributed by atoms with E-state index in [-0.39, 0.29) is 42.0 Å². The Morgan fingerprint density at radius 2 is 2.04 bits per heavy atom. The summed E-state index contributed by atoms with van der Waals surface area (Å²) in [6.07, 6.45) is 3.31. The third-order valence-corrected chi connectivity index (χ3v) is 5.25. The van der Waals surface area contributed by atoms with Crippen LogP contribution in [0, 0.1) is 18.3 Å². The second kappa shape index (κ2) is 7.53. The molecule has 0 aromatic heterocycles. The molecular formula is C18H26ClN3O2. The maximum Gasteiger partial charge on any atom is 0.230 e. The van der Waals surface area contributed by atoms with Gasteiger partial charge in [0.25, 0.3) is 0 Å². The molecule has 1 spiro atoms. The number of nitrogens with one attached hydrogen (secondary N) is 1. The number of rotatable bonds is 5. The van der Waals surface area contributed by atoms with E-state index < -0.39 is 0 Å². The van der Waals surface area contributed by atoms with Gasteiger partial charge in [-0.25, -0.2) is 0 Å². The van der Waals surface area contributed by atoms with Crippen LogP contribution in [0.2, 0.25) is 0 Å². The summed E-state index contributed by atoms with van der Waals surface area (Å²) < 4.78 is 0. The first kappa shape index (κ1) is 18.7. The van der Waals surface area contributed by atoms with Crippen LogP contribution in [0.5, 0.6) is 0 Å². The average molecular weight is 352 g/mol. The summed E-state index contributed by atoms with van der Waals surface area (Å²) >= 11 is 0. The molecule has 1 aliphatic heterocycles. The van der Waals surface area contributed by atoms with Gasteiger partial charge in [-0.2, -0.15) is 0 Å². The summed E-state index contributed by atoms with van der Waals surface area (Å²) in [6.45, 7) is 4.36. The Balaban J connectivity index is 0.00000208. The van der Waals surface area contributed by atoms with Crippen molar-refractivity contribution in [1.82, 2.24) is 5.32 Å². The van der Waals surface area contributed by atoms with E-state index in [1.165, 1.54) is 0 Å². The van der Waals surface area contributed by atoms with E-state index >= 15 is 0 Å². The lowest BCUT2D eigenvalue weighted by atomic mass is 9.91. The third-order valence-electron chi connectivity index (χ3n) is 5.25. The molecule has 1 aromatic rings. The number of piperidine rings is 1. The topological polar surface area (TPSA) is 75.4 Å². The van der Waals surface area contributed by atoms with Crippen LogP contribution in [0.25, 0.3) is 0 Å². The molecule has 132 valence electrons. The number of hydrogen-bond acceptors (Lipinski definition) is 3. The maximum atomic E-state index is 13.1. The number of aryl methyl sites for hydroxylation is 1. The first-order valence-corrected chi connectivity index (χ1v) is 8.39. The van der Waals surface area contributed by atoms with Gasteiger partial charge < -0.3 is 16.0 Å². The van der Waals surface area contributed by atoms with Crippen LogP contribution in [-0.4, -0.2) is 31.4 Å². The van der Waals surface area contributed by atoms with Crippen LogP contribution in [0.15, 0.2) is 24.3 Å². The molecule has 1 unspecified atom stereocenters. The number of carbonyl (C=O) groups is 2. The van der Waals surface area contributed by atoms with Gasteiger partial charge in [-0.05, 0) is 62.4 Å². The lowest BCUT2D eigenvalue weighted by Crippen LogP contribution is -2.38. The molecule has 24 heavy (non-hydrogen) atoms. The van der Waals surface area contributed by atoms with Gasteiger partial charge in [0.1, 0.15) is 0 Å². The maximum absolute atomic E-state index is 13.1. The van der Waals surface area contributed by atoms with Crippen molar-refractivity contribution in [2.75, 3.05) is 24.5 Å². The van der Waals surface area contributed by atoms with Gasteiger partial charge in [0.15, 0.2) is 0 Å². The Morgan fingerprint density at radius 1 is 1.33 bits per heavy atom. The van der Waals surface area contributed by atoms with Gasteiger partial charge in [0.2, 0.25) is 11.8 Å². The number of primary amides is 1. The largest absolute Gasteiger partial charge is 0.370 e. The zero-order valence-corrected chi connectivity index (χ0v) is 14.9. The van der Waals surface area contributed by atoms with Crippen LogP contribution in [0.4, 0.5) is 5.69 Å².